The third kappa shape index (κ3) is 19.5. The molecule has 0 aromatic heterocycles. The number of esters is 1. The van der Waals surface area contributed by atoms with Crippen LogP contribution in [0.1, 0.15) is 103 Å². The molecule has 0 aliphatic carbocycles. The summed E-state index contributed by atoms with van der Waals surface area (Å²) < 4.78 is 35.8. The number of nitrogens with one attached hydrogen (secondary N) is 1. The van der Waals surface area contributed by atoms with E-state index in [0.717, 1.165) is 38.5 Å². The number of aliphatic carboxylic acids is 1. The first kappa shape index (κ1) is 32.1. The van der Waals surface area contributed by atoms with E-state index in [1.807, 2.05) is 0 Å². The van der Waals surface area contributed by atoms with E-state index in [2.05, 4.69) is 29.1 Å². The SMILES string of the molecule is CCCCCCCCC=CCCCCCCCC(=O)NCCOC(=O)C(CC(=O)O)S(=O)(=O)O. The molecule has 0 fully saturated rings. The highest BCUT2D eigenvalue weighted by Gasteiger charge is 2.34. The Morgan fingerprint density at radius 1 is 0.882 bits per heavy atom. The number of carbonyl (C=O) groups is 3. The van der Waals surface area contributed by atoms with Gasteiger partial charge in [-0.2, -0.15) is 8.42 Å². The average Bonchev–Trinajstić information content (AvgIpc) is 2.76. The van der Waals surface area contributed by atoms with Gasteiger partial charge in [0, 0.05) is 6.42 Å². The fourth-order valence-corrected chi connectivity index (χ4v) is 4.01. The highest BCUT2D eigenvalue weighted by atomic mass is 32.2. The van der Waals surface area contributed by atoms with E-state index in [0.29, 0.717) is 6.42 Å². The van der Waals surface area contributed by atoms with Crippen molar-refractivity contribution in [2.24, 2.45) is 0 Å². The van der Waals surface area contributed by atoms with Gasteiger partial charge in [0.2, 0.25) is 5.91 Å². The molecule has 10 heteroatoms. The summed E-state index contributed by atoms with van der Waals surface area (Å²) in [5.41, 5.74) is 0. The van der Waals surface area contributed by atoms with Gasteiger partial charge in [0.15, 0.2) is 5.25 Å². The van der Waals surface area contributed by atoms with E-state index < -0.39 is 33.7 Å². The van der Waals surface area contributed by atoms with Crippen LogP contribution >= 0.6 is 0 Å². The van der Waals surface area contributed by atoms with E-state index in [-0.39, 0.29) is 19.1 Å². The van der Waals surface area contributed by atoms with Crippen LogP contribution in [0.2, 0.25) is 0 Å². The fraction of sp³-hybridized carbons (Fsp3) is 0.792. The van der Waals surface area contributed by atoms with Crippen LogP contribution in [-0.4, -0.2) is 54.3 Å². The molecule has 1 unspecified atom stereocenters. The minimum absolute atomic E-state index is 0.0269. The average molecular weight is 506 g/mol. The summed E-state index contributed by atoms with van der Waals surface area (Å²) in [5, 5.41) is 9.00. The summed E-state index contributed by atoms with van der Waals surface area (Å²) in [6.45, 7) is 1.89. The number of rotatable bonds is 22. The van der Waals surface area contributed by atoms with Crippen molar-refractivity contribution in [3.05, 3.63) is 12.2 Å². The molecule has 0 saturated carbocycles. The molecule has 0 aromatic rings. The Kier molecular flexibility index (Phi) is 19.3. The lowest BCUT2D eigenvalue weighted by Crippen LogP contribution is -2.36. The van der Waals surface area contributed by atoms with Gasteiger partial charge in [0.05, 0.1) is 13.0 Å². The molecule has 0 rings (SSSR count). The molecule has 0 spiro atoms. The Balaban J connectivity index is 3.65. The Hall–Kier alpha value is -1.94. The Labute approximate surface area is 204 Å². The van der Waals surface area contributed by atoms with Gasteiger partial charge in [-0.3, -0.25) is 18.9 Å². The molecule has 1 amide bonds. The number of carbonyl (C=O) groups excluding carboxylic acids is 2. The molecule has 0 heterocycles. The van der Waals surface area contributed by atoms with Gasteiger partial charge in [0.25, 0.3) is 10.1 Å². The zero-order valence-electron chi connectivity index (χ0n) is 20.5. The number of hydrogen-bond acceptors (Lipinski definition) is 6. The van der Waals surface area contributed by atoms with E-state index in [1.165, 1.54) is 44.9 Å². The van der Waals surface area contributed by atoms with E-state index in [1.54, 1.807) is 0 Å². The van der Waals surface area contributed by atoms with Crippen LogP contribution in [0.15, 0.2) is 12.2 Å². The Morgan fingerprint density at radius 2 is 1.41 bits per heavy atom. The molecular formula is C24H43NO8S. The first-order valence-corrected chi connectivity index (χ1v) is 13.9. The number of allylic oxidation sites excluding steroid dienone is 2. The number of amides is 1. The molecule has 0 aliphatic heterocycles. The minimum Gasteiger partial charge on any atom is -0.481 e. The monoisotopic (exact) mass is 505 g/mol. The van der Waals surface area contributed by atoms with Crippen LogP contribution in [0.5, 0.6) is 0 Å². The number of hydrogen-bond donors (Lipinski definition) is 3. The zero-order valence-corrected chi connectivity index (χ0v) is 21.3. The standard InChI is InChI=1S/C24H43NO8S/c1-2-3-4-5-6-7-8-9-10-11-12-13-14-15-16-17-22(26)25-18-19-33-24(29)21(20-23(27)28)34(30,31)32/h9-10,21H,2-8,11-20H2,1H3,(H,25,26)(H,27,28)(H,30,31,32). The maximum atomic E-state index is 11.8. The predicted molar refractivity (Wildman–Crippen MR) is 131 cm³/mol. The van der Waals surface area contributed by atoms with E-state index >= 15 is 0 Å². The second-order valence-corrected chi connectivity index (χ2v) is 10.1. The summed E-state index contributed by atoms with van der Waals surface area (Å²) in [6, 6.07) is 0. The summed E-state index contributed by atoms with van der Waals surface area (Å²) in [6.07, 6.45) is 19.1. The normalized spacial score (nSPS) is 12.5. The van der Waals surface area contributed by atoms with Gasteiger partial charge < -0.3 is 15.2 Å². The van der Waals surface area contributed by atoms with E-state index in [4.69, 9.17) is 9.66 Å². The first-order chi connectivity index (χ1) is 16.2. The van der Waals surface area contributed by atoms with Gasteiger partial charge in [-0.15, -0.1) is 0 Å². The smallest absolute Gasteiger partial charge is 0.327 e. The van der Waals surface area contributed by atoms with Crippen molar-refractivity contribution in [3.8, 4) is 0 Å². The van der Waals surface area contributed by atoms with Crippen molar-refractivity contribution in [1.82, 2.24) is 5.32 Å². The predicted octanol–water partition coefficient (Wildman–Crippen LogP) is 4.41. The topological polar surface area (TPSA) is 147 Å². The highest BCUT2D eigenvalue weighted by Crippen LogP contribution is 2.10. The van der Waals surface area contributed by atoms with Gasteiger partial charge in [-0.05, 0) is 32.1 Å². The van der Waals surface area contributed by atoms with Gasteiger partial charge >= 0.3 is 11.9 Å². The molecule has 0 aromatic carbocycles. The number of unbranched alkanes of at least 4 members (excludes halogenated alkanes) is 11. The Bertz CT molecular complexity index is 706. The summed E-state index contributed by atoms with van der Waals surface area (Å²) in [7, 11) is -4.89. The summed E-state index contributed by atoms with van der Waals surface area (Å²) >= 11 is 0. The molecule has 9 nitrogen and oxygen atoms in total. The second-order valence-electron chi connectivity index (χ2n) is 8.45. The van der Waals surface area contributed by atoms with Crippen molar-refractivity contribution < 1.29 is 37.2 Å². The maximum Gasteiger partial charge on any atom is 0.327 e. The Morgan fingerprint density at radius 3 is 1.94 bits per heavy atom. The van der Waals surface area contributed by atoms with Crippen molar-refractivity contribution in [1.29, 1.82) is 0 Å². The quantitative estimate of drug-likeness (QED) is 0.0848. The van der Waals surface area contributed by atoms with Crippen LogP contribution < -0.4 is 5.32 Å². The fourth-order valence-electron chi connectivity index (χ4n) is 3.35. The third-order valence-corrected chi connectivity index (χ3v) is 6.39. The zero-order chi connectivity index (χ0) is 25.7. The number of carboxylic acids is 1. The first-order valence-electron chi connectivity index (χ1n) is 12.4. The van der Waals surface area contributed by atoms with Crippen LogP contribution in [0.3, 0.4) is 0 Å². The largest absolute Gasteiger partial charge is 0.481 e. The van der Waals surface area contributed by atoms with E-state index in [9.17, 15) is 22.8 Å². The molecule has 0 saturated heterocycles. The molecule has 1 atom stereocenters. The van der Waals surface area contributed by atoms with Crippen LogP contribution in [0.4, 0.5) is 0 Å². The van der Waals surface area contributed by atoms with Gasteiger partial charge in [0.1, 0.15) is 6.61 Å². The van der Waals surface area contributed by atoms with Crippen molar-refractivity contribution in [3.63, 3.8) is 0 Å². The molecule has 3 N–H and O–H groups in total. The minimum atomic E-state index is -4.89. The highest BCUT2D eigenvalue weighted by molar-refractivity contribution is 7.87. The molecule has 198 valence electrons. The lowest BCUT2D eigenvalue weighted by molar-refractivity contribution is -0.147. The van der Waals surface area contributed by atoms with Crippen LogP contribution in [0.25, 0.3) is 0 Å². The molecule has 34 heavy (non-hydrogen) atoms. The summed E-state index contributed by atoms with van der Waals surface area (Å²) in [5.74, 6) is -3.13. The molecule has 0 radical (unpaired) electrons. The number of carboxylic acid groups (broad SMARTS) is 1. The summed E-state index contributed by atoms with van der Waals surface area (Å²) in [4.78, 5) is 34.1. The lowest BCUT2D eigenvalue weighted by Gasteiger charge is -2.12. The van der Waals surface area contributed by atoms with Gasteiger partial charge in [-0.1, -0.05) is 70.4 Å². The van der Waals surface area contributed by atoms with Crippen molar-refractivity contribution >= 4 is 28.0 Å². The molecule has 0 aliphatic rings. The second kappa shape index (κ2) is 20.4. The van der Waals surface area contributed by atoms with Crippen LogP contribution in [0, 0.1) is 0 Å². The van der Waals surface area contributed by atoms with Crippen molar-refractivity contribution in [2.75, 3.05) is 13.2 Å². The maximum absolute atomic E-state index is 11.8. The number of ether oxygens (including phenoxy) is 1. The van der Waals surface area contributed by atoms with Crippen molar-refractivity contribution in [2.45, 2.75) is 108 Å². The third-order valence-electron chi connectivity index (χ3n) is 5.32. The molecule has 0 bridgehead atoms. The van der Waals surface area contributed by atoms with Crippen LogP contribution in [-0.2, 0) is 29.2 Å². The lowest BCUT2D eigenvalue weighted by atomic mass is 10.1. The van der Waals surface area contributed by atoms with Gasteiger partial charge in [-0.25, -0.2) is 0 Å². The molecular weight excluding hydrogens is 462 g/mol.